The van der Waals surface area contributed by atoms with E-state index in [1.54, 1.807) is 6.92 Å². The van der Waals surface area contributed by atoms with Gasteiger partial charge in [-0.1, -0.05) is 6.92 Å². The second kappa shape index (κ2) is 6.11. The molecule has 0 aromatic carbocycles. The SMILES string of the molecule is CC(CCCC(=O)O)C(=O)OC(C)(C)C#N. The second-order valence-electron chi connectivity index (χ2n) is 4.23. The Morgan fingerprint density at radius 3 is 2.50 bits per heavy atom. The van der Waals surface area contributed by atoms with E-state index >= 15 is 0 Å². The minimum atomic E-state index is -1.13. The maximum absolute atomic E-state index is 11.5. The fourth-order valence-electron chi connectivity index (χ4n) is 1.05. The van der Waals surface area contributed by atoms with Crippen LogP contribution in [0.3, 0.4) is 0 Å². The summed E-state index contributed by atoms with van der Waals surface area (Å²) in [7, 11) is 0. The molecule has 0 rings (SSSR count). The minimum absolute atomic E-state index is 0.0409. The first kappa shape index (κ1) is 14.4. The number of hydrogen-bond acceptors (Lipinski definition) is 4. The summed E-state index contributed by atoms with van der Waals surface area (Å²) < 4.78 is 4.96. The van der Waals surface area contributed by atoms with Crippen LogP contribution >= 0.6 is 0 Å². The number of carboxylic acid groups (broad SMARTS) is 1. The van der Waals surface area contributed by atoms with Gasteiger partial charge in [0, 0.05) is 6.42 Å². The van der Waals surface area contributed by atoms with Crippen molar-refractivity contribution >= 4 is 11.9 Å². The molecule has 0 radical (unpaired) electrons. The molecule has 90 valence electrons. The Morgan fingerprint density at radius 2 is 2.06 bits per heavy atom. The molecule has 16 heavy (non-hydrogen) atoms. The van der Waals surface area contributed by atoms with Crippen LogP contribution in [0.1, 0.15) is 40.0 Å². The van der Waals surface area contributed by atoms with Crippen LogP contribution in [0.2, 0.25) is 0 Å². The third-order valence-electron chi connectivity index (χ3n) is 2.06. The van der Waals surface area contributed by atoms with Crippen molar-refractivity contribution in [3.63, 3.8) is 0 Å². The van der Waals surface area contributed by atoms with Gasteiger partial charge < -0.3 is 9.84 Å². The Kier molecular flexibility index (Phi) is 5.51. The lowest BCUT2D eigenvalue weighted by molar-refractivity contribution is -0.157. The molecule has 0 saturated carbocycles. The van der Waals surface area contributed by atoms with E-state index in [0.717, 1.165) is 0 Å². The average Bonchev–Trinajstić information content (AvgIpc) is 2.16. The molecule has 5 nitrogen and oxygen atoms in total. The largest absolute Gasteiger partial charge is 0.481 e. The maximum Gasteiger partial charge on any atom is 0.310 e. The molecule has 0 heterocycles. The number of carboxylic acids is 1. The molecule has 0 fully saturated rings. The van der Waals surface area contributed by atoms with Gasteiger partial charge in [0.2, 0.25) is 0 Å². The Labute approximate surface area is 95.0 Å². The van der Waals surface area contributed by atoms with Crippen LogP contribution in [0.5, 0.6) is 0 Å². The summed E-state index contributed by atoms with van der Waals surface area (Å²) in [6.45, 7) is 4.68. The summed E-state index contributed by atoms with van der Waals surface area (Å²) in [6, 6.07) is 1.86. The fourth-order valence-corrected chi connectivity index (χ4v) is 1.05. The molecule has 1 N–H and O–H groups in total. The van der Waals surface area contributed by atoms with E-state index in [4.69, 9.17) is 15.1 Å². The zero-order valence-electron chi connectivity index (χ0n) is 9.82. The molecule has 0 aliphatic carbocycles. The van der Waals surface area contributed by atoms with Gasteiger partial charge >= 0.3 is 11.9 Å². The molecule has 0 aromatic heterocycles. The van der Waals surface area contributed by atoms with E-state index in [-0.39, 0.29) is 12.3 Å². The van der Waals surface area contributed by atoms with Gasteiger partial charge in [0.05, 0.1) is 5.92 Å². The van der Waals surface area contributed by atoms with Gasteiger partial charge in [0.15, 0.2) is 5.60 Å². The van der Waals surface area contributed by atoms with Gasteiger partial charge in [-0.2, -0.15) is 5.26 Å². The van der Waals surface area contributed by atoms with Gasteiger partial charge in [0.25, 0.3) is 0 Å². The minimum Gasteiger partial charge on any atom is -0.481 e. The molecule has 0 aliphatic rings. The highest BCUT2D eigenvalue weighted by atomic mass is 16.6. The number of hydrogen-bond donors (Lipinski definition) is 1. The van der Waals surface area contributed by atoms with Crippen LogP contribution in [0, 0.1) is 17.2 Å². The fraction of sp³-hybridized carbons (Fsp3) is 0.727. The van der Waals surface area contributed by atoms with Gasteiger partial charge in [-0.05, 0) is 26.7 Å². The van der Waals surface area contributed by atoms with Crippen molar-refractivity contribution in [2.45, 2.75) is 45.6 Å². The summed E-state index contributed by atoms with van der Waals surface area (Å²) in [5, 5.41) is 17.1. The molecular formula is C11H17NO4. The standard InChI is InChI=1S/C11H17NO4/c1-8(5-4-6-9(13)14)10(15)16-11(2,3)7-12/h8H,4-6H2,1-3H3,(H,13,14). The molecule has 0 amide bonds. The van der Waals surface area contributed by atoms with Crippen LogP contribution in [0.15, 0.2) is 0 Å². The number of carbonyl (C=O) groups is 2. The average molecular weight is 227 g/mol. The molecule has 1 atom stereocenters. The summed E-state index contributed by atoms with van der Waals surface area (Å²) >= 11 is 0. The highest BCUT2D eigenvalue weighted by Gasteiger charge is 2.25. The smallest absolute Gasteiger partial charge is 0.310 e. The van der Waals surface area contributed by atoms with Crippen molar-refractivity contribution in [1.82, 2.24) is 0 Å². The molecule has 0 aromatic rings. The Balaban J connectivity index is 4.01. The number of esters is 1. The van der Waals surface area contributed by atoms with Crippen molar-refractivity contribution in [3.05, 3.63) is 0 Å². The van der Waals surface area contributed by atoms with Gasteiger partial charge in [-0.3, -0.25) is 9.59 Å². The molecule has 1 unspecified atom stereocenters. The molecule has 0 saturated heterocycles. The lowest BCUT2D eigenvalue weighted by atomic mass is 10.0. The molecule has 0 bridgehead atoms. The third kappa shape index (κ3) is 6.02. The highest BCUT2D eigenvalue weighted by Crippen LogP contribution is 2.15. The molecular weight excluding hydrogens is 210 g/mol. The lowest BCUT2D eigenvalue weighted by Gasteiger charge is -2.19. The van der Waals surface area contributed by atoms with E-state index in [1.165, 1.54) is 13.8 Å². The number of rotatable bonds is 6. The van der Waals surface area contributed by atoms with Crippen molar-refractivity contribution in [3.8, 4) is 6.07 Å². The van der Waals surface area contributed by atoms with Gasteiger partial charge in [0.1, 0.15) is 6.07 Å². The first-order valence-electron chi connectivity index (χ1n) is 5.14. The van der Waals surface area contributed by atoms with Gasteiger partial charge in [-0.15, -0.1) is 0 Å². The van der Waals surface area contributed by atoms with E-state index in [1.807, 2.05) is 6.07 Å². The Bertz CT molecular complexity index is 304. The van der Waals surface area contributed by atoms with E-state index in [0.29, 0.717) is 12.8 Å². The van der Waals surface area contributed by atoms with E-state index in [9.17, 15) is 9.59 Å². The molecule has 0 aliphatic heterocycles. The highest BCUT2D eigenvalue weighted by molar-refractivity contribution is 5.73. The zero-order valence-corrected chi connectivity index (χ0v) is 9.82. The topological polar surface area (TPSA) is 87.4 Å². The zero-order chi connectivity index (χ0) is 12.8. The first-order valence-corrected chi connectivity index (χ1v) is 5.14. The Morgan fingerprint density at radius 1 is 1.50 bits per heavy atom. The van der Waals surface area contributed by atoms with Crippen molar-refractivity contribution in [2.75, 3.05) is 0 Å². The van der Waals surface area contributed by atoms with Crippen LogP contribution in [-0.2, 0) is 14.3 Å². The molecule has 5 heteroatoms. The first-order chi connectivity index (χ1) is 7.28. The summed E-state index contributed by atoms with van der Waals surface area (Å²) in [5.74, 6) is -1.72. The van der Waals surface area contributed by atoms with E-state index in [2.05, 4.69) is 0 Å². The summed E-state index contributed by atoms with van der Waals surface area (Å²) in [6.07, 6.45) is 0.921. The number of nitriles is 1. The van der Waals surface area contributed by atoms with Crippen molar-refractivity contribution < 1.29 is 19.4 Å². The number of carbonyl (C=O) groups excluding carboxylic acids is 1. The third-order valence-corrected chi connectivity index (χ3v) is 2.06. The van der Waals surface area contributed by atoms with Crippen molar-refractivity contribution in [1.29, 1.82) is 5.26 Å². The van der Waals surface area contributed by atoms with Gasteiger partial charge in [-0.25, -0.2) is 0 Å². The number of aliphatic carboxylic acids is 1. The number of ether oxygens (including phenoxy) is 1. The maximum atomic E-state index is 11.5. The summed E-state index contributed by atoms with van der Waals surface area (Å²) in [5.41, 5.74) is -1.13. The Hall–Kier alpha value is -1.57. The normalized spacial score (nSPS) is 12.6. The van der Waals surface area contributed by atoms with Crippen LogP contribution < -0.4 is 0 Å². The number of nitrogens with zero attached hydrogens (tertiary/aromatic N) is 1. The van der Waals surface area contributed by atoms with E-state index < -0.39 is 17.5 Å². The van der Waals surface area contributed by atoms with Crippen LogP contribution in [0.25, 0.3) is 0 Å². The predicted octanol–water partition coefficient (Wildman–Crippen LogP) is 1.72. The molecule has 0 spiro atoms. The second-order valence-corrected chi connectivity index (χ2v) is 4.23. The van der Waals surface area contributed by atoms with Crippen LogP contribution in [-0.4, -0.2) is 22.6 Å². The summed E-state index contributed by atoms with van der Waals surface area (Å²) in [4.78, 5) is 21.7. The predicted molar refractivity (Wildman–Crippen MR) is 56.4 cm³/mol. The lowest BCUT2D eigenvalue weighted by Crippen LogP contribution is -2.29. The monoisotopic (exact) mass is 227 g/mol. The quantitative estimate of drug-likeness (QED) is 0.698. The van der Waals surface area contributed by atoms with Crippen molar-refractivity contribution in [2.24, 2.45) is 5.92 Å². The van der Waals surface area contributed by atoms with Crippen LogP contribution in [0.4, 0.5) is 0 Å².